The number of halogens is 1. The van der Waals surface area contributed by atoms with Gasteiger partial charge in [0.25, 0.3) is 0 Å². The van der Waals surface area contributed by atoms with Crippen molar-refractivity contribution in [1.82, 2.24) is 15.2 Å². The topological polar surface area (TPSA) is 92.8 Å². The second-order valence-corrected chi connectivity index (χ2v) is 17.8. The molecule has 9 heteroatoms. The zero-order chi connectivity index (χ0) is 36.5. The van der Waals surface area contributed by atoms with E-state index in [4.69, 9.17) is 21.1 Å². The Morgan fingerprint density at radius 1 is 0.980 bits per heavy atom. The molecule has 282 valence electrons. The van der Waals surface area contributed by atoms with Gasteiger partial charge in [0.1, 0.15) is 12.2 Å². The molecule has 4 unspecified atom stereocenters. The predicted molar refractivity (Wildman–Crippen MR) is 206 cm³/mol. The fourth-order valence-corrected chi connectivity index (χ4v) is 12.0. The van der Waals surface area contributed by atoms with E-state index < -0.39 is 0 Å². The smallest absolute Gasteiger partial charge is 0.302 e. The lowest BCUT2D eigenvalue weighted by molar-refractivity contribution is -0.222. The first-order chi connectivity index (χ1) is 24.3. The van der Waals surface area contributed by atoms with Crippen molar-refractivity contribution in [3.63, 3.8) is 0 Å². The van der Waals surface area contributed by atoms with Gasteiger partial charge in [0.15, 0.2) is 0 Å². The summed E-state index contributed by atoms with van der Waals surface area (Å²) in [5.41, 5.74) is 2.03. The zero-order valence-electron chi connectivity index (χ0n) is 32.2. The molecular weight excluding hydrogens is 660 g/mol. The van der Waals surface area contributed by atoms with Gasteiger partial charge in [0.05, 0.1) is 5.52 Å². The van der Waals surface area contributed by atoms with Crippen molar-refractivity contribution in [2.24, 2.45) is 46.3 Å². The molecule has 1 heterocycles. The Morgan fingerprint density at radius 3 is 2.49 bits per heavy atom. The molecule has 11 atom stereocenters. The van der Waals surface area contributed by atoms with Crippen LogP contribution in [0.15, 0.2) is 30.5 Å². The van der Waals surface area contributed by atoms with Gasteiger partial charge in [0.2, 0.25) is 0 Å². The number of carbonyl (C=O) groups excluding carboxylic acids is 2. The van der Waals surface area contributed by atoms with Gasteiger partial charge in [-0.2, -0.15) is 0 Å². The molecule has 1 aromatic heterocycles. The number of pyridine rings is 1. The van der Waals surface area contributed by atoms with Crippen LogP contribution in [0.4, 0.5) is 5.69 Å². The molecule has 4 aliphatic carbocycles. The number of hydrogen-bond donors (Lipinski definition) is 2. The van der Waals surface area contributed by atoms with Crippen LogP contribution in [-0.4, -0.2) is 73.8 Å². The van der Waals surface area contributed by atoms with Gasteiger partial charge >= 0.3 is 11.9 Å². The van der Waals surface area contributed by atoms with E-state index in [2.05, 4.69) is 55.4 Å². The van der Waals surface area contributed by atoms with Crippen LogP contribution in [0.1, 0.15) is 98.8 Å². The second kappa shape index (κ2) is 15.9. The van der Waals surface area contributed by atoms with Crippen LogP contribution in [0.2, 0.25) is 5.02 Å². The number of esters is 2. The summed E-state index contributed by atoms with van der Waals surface area (Å²) in [5, 5.41) is 9.03. The van der Waals surface area contributed by atoms with Crippen molar-refractivity contribution >= 4 is 40.1 Å². The first-order valence-electron chi connectivity index (χ1n) is 19.8. The number of nitrogens with one attached hydrogen (secondary N) is 2. The molecular formula is C42H63ClN4O4. The number of ether oxygens (including phenoxy) is 2. The summed E-state index contributed by atoms with van der Waals surface area (Å²) in [6, 6.07) is 8.43. The molecule has 0 bridgehead atoms. The summed E-state index contributed by atoms with van der Waals surface area (Å²) in [7, 11) is 4.39. The van der Waals surface area contributed by atoms with Crippen molar-refractivity contribution in [1.29, 1.82) is 0 Å². The fraction of sp³-hybridized carbons (Fsp3) is 0.738. The number of fused-ring (bicyclic) bond motifs is 6. The molecule has 4 aliphatic rings. The Morgan fingerprint density at radius 2 is 1.75 bits per heavy atom. The molecule has 0 spiro atoms. The second-order valence-electron chi connectivity index (χ2n) is 17.3. The summed E-state index contributed by atoms with van der Waals surface area (Å²) >= 11 is 6.15. The summed E-state index contributed by atoms with van der Waals surface area (Å²) in [5.74, 6) is 2.24. The lowest BCUT2D eigenvalue weighted by Gasteiger charge is -2.64. The van der Waals surface area contributed by atoms with Crippen LogP contribution in [0.5, 0.6) is 0 Å². The van der Waals surface area contributed by atoms with E-state index in [0.29, 0.717) is 46.6 Å². The monoisotopic (exact) mass is 722 g/mol. The number of anilines is 1. The number of rotatable bonds is 13. The maximum Gasteiger partial charge on any atom is 0.302 e. The third-order valence-corrected chi connectivity index (χ3v) is 14.6. The molecule has 51 heavy (non-hydrogen) atoms. The Balaban J connectivity index is 1.07. The van der Waals surface area contributed by atoms with Gasteiger partial charge in [-0.3, -0.25) is 14.6 Å². The van der Waals surface area contributed by atoms with E-state index in [1.165, 1.54) is 12.8 Å². The lowest BCUT2D eigenvalue weighted by atomic mass is 9.43. The van der Waals surface area contributed by atoms with Crippen LogP contribution in [0.25, 0.3) is 10.9 Å². The predicted octanol–water partition coefficient (Wildman–Crippen LogP) is 8.37. The largest absolute Gasteiger partial charge is 0.462 e. The van der Waals surface area contributed by atoms with Gasteiger partial charge in [-0.15, -0.1) is 0 Å². The highest BCUT2D eigenvalue weighted by Gasteiger charge is 2.67. The van der Waals surface area contributed by atoms with Gasteiger partial charge in [-0.05, 0) is 151 Å². The molecule has 0 radical (unpaired) electrons. The van der Waals surface area contributed by atoms with Crippen molar-refractivity contribution in [3.8, 4) is 0 Å². The fourth-order valence-electron chi connectivity index (χ4n) is 11.8. The van der Waals surface area contributed by atoms with E-state index in [0.717, 1.165) is 87.6 Å². The van der Waals surface area contributed by atoms with Crippen molar-refractivity contribution < 1.29 is 19.1 Å². The van der Waals surface area contributed by atoms with Gasteiger partial charge in [-0.1, -0.05) is 32.4 Å². The Kier molecular flexibility index (Phi) is 11.9. The molecule has 0 aliphatic heterocycles. The van der Waals surface area contributed by atoms with E-state index in [1.54, 1.807) is 13.8 Å². The zero-order valence-corrected chi connectivity index (χ0v) is 32.9. The minimum absolute atomic E-state index is 0.0578. The van der Waals surface area contributed by atoms with Crippen LogP contribution in [-0.2, 0) is 19.1 Å². The number of carbonyl (C=O) groups is 2. The highest BCUT2D eigenvalue weighted by atomic mass is 35.5. The molecule has 8 nitrogen and oxygen atoms in total. The number of aromatic nitrogens is 1. The third-order valence-electron chi connectivity index (χ3n) is 14.4. The summed E-state index contributed by atoms with van der Waals surface area (Å²) in [6.45, 7) is 13.4. The summed E-state index contributed by atoms with van der Waals surface area (Å²) in [4.78, 5) is 32.1. The quantitative estimate of drug-likeness (QED) is 0.157. The van der Waals surface area contributed by atoms with Gasteiger partial charge < -0.3 is 25.0 Å². The molecule has 2 aromatic rings. The normalized spacial score (nSPS) is 35.1. The maximum atomic E-state index is 12.7. The summed E-state index contributed by atoms with van der Waals surface area (Å²) in [6.07, 6.45) is 12.6. The number of hydrogen-bond acceptors (Lipinski definition) is 8. The number of nitrogens with zero attached hydrogens (tertiary/aromatic N) is 2. The average molecular weight is 723 g/mol. The SMILES string of the molecule is CC(=O)O[C@H]1CC2C(C3CC[C@H](C(C)CCCNCCCNc4ccnc5cc(Cl)ccc45)[C@]31C)[C@H](OC(C)=O)C[C@@H]1C[C@H](N(C)C)CC[C@]21C. The Bertz CT molecular complexity index is 1540. The Labute approximate surface area is 311 Å². The lowest BCUT2D eigenvalue weighted by Crippen LogP contribution is -2.63. The van der Waals surface area contributed by atoms with Crippen LogP contribution >= 0.6 is 11.6 Å². The van der Waals surface area contributed by atoms with Crippen LogP contribution < -0.4 is 10.6 Å². The minimum Gasteiger partial charge on any atom is -0.462 e. The average Bonchev–Trinajstić information content (AvgIpc) is 3.43. The highest BCUT2D eigenvalue weighted by Crippen LogP contribution is 2.69. The van der Waals surface area contributed by atoms with Crippen molar-refractivity contribution in [3.05, 3.63) is 35.5 Å². The van der Waals surface area contributed by atoms with Crippen molar-refractivity contribution in [2.75, 3.05) is 39.0 Å². The van der Waals surface area contributed by atoms with Crippen LogP contribution in [0, 0.1) is 46.3 Å². The minimum atomic E-state index is -0.165. The standard InChI is InChI=1S/C42H63ClN4O4/c1-26(10-8-18-44-19-9-20-45-36-16-21-46-37-24-30(43)11-12-32(36)37)33-13-14-34-40-35(25-39(42(33,34)5)51-28(3)49)41(4)17-15-31(47(6)7)22-29(41)23-38(40)50-27(2)48/h11-12,16,21,24,26,29,31,33-35,38-40,44H,8-10,13-15,17-20,22-23,25H2,1-7H3,(H,45,46)/t26?,29-,31+,33+,34?,35?,38+,39-,40?,41-,42+/m0/s1. The first kappa shape index (κ1) is 38.3. The molecule has 0 saturated heterocycles. The van der Waals surface area contributed by atoms with E-state index in [1.807, 2.05) is 30.5 Å². The van der Waals surface area contributed by atoms with E-state index >= 15 is 0 Å². The third kappa shape index (κ3) is 7.80. The van der Waals surface area contributed by atoms with Crippen molar-refractivity contribution in [2.45, 2.75) is 117 Å². The molecule has 2 N–H and O–H groups in total. The molecule has 4 fully saturated rings. The number of benzene rings is 1. The molecule has 6 rings (SSSR count). The molecule has 0 amide bonds. The summed E-state index contributed by atoms with van der Waals surface area (Å²) < 4.78 is 12.7. The highest BCUT2D eigenvalue weighted by molar-refractivity contribution is 6.31. The van der Waals surface area contributed by atoms with Gasteiger partial charge in [-0.25, -0.2) is 0 Å². The van der Waals surface area contributed by atoms with E-state index in [-0.39, 0.29) is 35.0 Å². The molecule has 1 aromatic carbocycles. The Hall–Kier alpha value is -2.42. The van der Waals surface area contributed by atoms with Gasteiger partial charge in [0, 0.05) is 60.1 Å². The molecule has 4 saturated carbocycles. The van der Waals surface area contributed by atoms with E-state index in [9.17, 15) is 9.59 Å². The van der Waals surface area contributed by atoms with Crippen LogP contribution in [0.3, 0.4) is 0 Å². The first-order valence-corrected chi connectivity index (χ1v) is 20.2. The maximum absolute atomic E-state index is 12.7.